The van der Waals surface area contributed by atoms with Crippen LogP contribution in [-0.2, 0) is 4.79 Å². The van der Waals surface area contributed by atoms with E-state index >= 15 is 0 Å². The molecule has 0 aliphatic carbocycles. The molecular formula is C19H18ClN3O4S. The van der Waals surface area contributed by atoms with Crippen molar-refractivity contribution >= 4 is 35.0 Å². The van der Waals surface area contributed by atoms with Crippen LogP contribution in [0.1, 0.15) is 6.92 Å². The molecule has 2 aromatic carbocycles. The van der Waals surface area contributed by atoms with E-state index in [0.717, 1.165) is 0 Å². The van der Waals surface area contributed by atoms with Crippen molar-refractivity contribution in [1.82, 2.24) is 10.2 Å². The third-order valence-corrected chi connectivity index (χ3v) is 4.95. The number of benzene rings is 2. The summed E-state index contributed by atoms with van der Waals surface area (Å²) in [6, 6.07) is 12.2. The van der Waals surface area contributed by atoms with Crippen molar-refractivity contribution in [2.45, 2.75) is 17.4 Å². The van der Waals surface area contributed by atoms with Crippen molar-refractivity contribution in [2.24, 2.45) is 0 Å². The van der Waals surface area contributed by atoms with Gasteiger partial charge in [-0.15, -0.1) is 10.2 Å². The first-order valence-electron chi connectivity index (χ1n) is 8.29. The van der Waals surface area contributed by atoms with E-state index in [-0.39, 0.29) is 5.91 Å². The summed E-state index contributed by atoms with van der Waals surface area (Å²) < 4.78 is 16.2. The van der Waals surface area contributed by atoms with Gasteiger partial charge in [0.05, 0.1) is 19.5 Å². The van der Waals surface area contributed by atoms with Crippen LogP contribution in [0.2, 0.25) is 5.02 Å². The lowest BCUT2D eigenvalue weighted by Crippen LogP contribution is -2.22. The summed E-state index contributed by atoms with van der Waals surface area (Å²) in [5.41, 5.74) is 1.31. The molecule has 0 saturated carbocycles. The van der Waals surface area contributed by atoms with Crippen LogP contribution in [0.15, 0.2) is 52.1 Å². The van der Waals surface area contributed by atoms with Crippen LogP contribution in [0.4, 0.5) is 5.69 Å². The van der Waals surface area contributed by atoms with Gasteiger partial charge >= 0.3 is 0 Å². The number of amides is 1. The Kier molecular flexibility index (Phi) is 6.43. The molecule has 0 aliphatic heterocycles. The van der Waals surface area contributed by atoms with Gasteiger partial charge in [-0.05, 0) is 43.3 Å². The monoisotopic (exact) mass is 419 g/mol. The molecule has 1 heterocycles. The number of hydrogen-bond donors (Lipinski definition) is 1. The van der Waals surface area contributed by atoms with Gasteiger partial charge in [-0.2, -0.15) is 0 Å². The third-order valence-electron chi connectivity index (χ3n) is 3.78. The molecule has 1 atom stereocenters. The largest absolute Gasteiger partial charge is 0.493 e. The molecule has 0 aliphatic rings. The average molecular weight is 420 g/mol. The number of halogens is 1. The quantitative estimate of drug-likeness (QED) is 0.563. The van der Waals surface area contributed by atoms with Crippen LogP contribution in [0, 0.1) is 0 Å². The van der Waals surface area contributed by atoms with E-state index < -0.39 is 5.25 Å². The zero-order chi connectivity index (χ0) is 20.1. The smallest absolute Gasteiger partial charge is 0.277 e. The standard InChI is InChI=1S/C19H18ClN3O4S/c1-11(17(24)21-14-6-4-5-13(20)10-14)28-19-23-22-18(27-19)12-7-8-15(25-2)16(9-12)26-3/h4-11H,1-3H3,(H,21,24)/t11-/m1/s1. The molecule has 1 aromatic heterocycles. The highest BCUT2D eigenvalue weighted by molar-refractivity contribution is 8.00. The maximum atomic E-state index is 12.4. The zero-order valence-corrected chi connectivity index (χ0v) is 17.0. The lowest BCUT2D eigenvalue weighted by molar-refractivity contribution is -0.115. The lowest BCUT2D eigenvalue weighted by Gasteiger charge is -2.10. The van der Waals surface area contributed by atoms with Gasteiger partial charge in [-0.3, -0.25) is 4.79 Å². The topological polar surface area (TPSA) is 86.5 Å². The van der Waals surface area contributed by atoms with Gasteiger partial charge < -0.3 is 19.2 Å². The molecule has 3 aromatic rings. The second-order valence-corrected chi connectivity index (χ2v) is 7.43. The summed E-state index contributed by atoms with van der Waals surface area (Å²) in [6.07, 6.45) is 0. The number of carbonyl (C=O) groups is 1. The van der Waals surface area contributed by atoms with Gasteiger partial charge in [0.25, 0.3) is 5.22 Å². The minimum absolute atomic E-state index is 0.196. The van der Waals surface area contributed by atoms with Gasteiger partial charge in [0.2, 0.25) is 11.8 Å². The first kappa shape index (κ1) is 20.0. The molecule has 0 unspecified atom stereocenters. The van der Waals surface area contributed by atoms with E-state index in [2.05, 4.69) is 15.5 Å². The Bertz CT molecular complexity index is 979. The SMILES string of the molecule is COc1ccc(-c2nnc(S[C@H](C)C(=O)Nc3cccc(Cl)c3)o2)cc1OC. The second-order valence-electron chi connectivity index (χ2n) is 5.70. The molecule has 146 valence electrons. The van der Waals surface area contributed by atoms with Gasteiger partial charge in [0, 0.05) is 16.3 Å². The molecule has 1 N–H and O–H groups in total. The predicted molar refractivity (Wildman–Crippen MR) is 108 cm³/mol. The number of rotatable bonds is 7. The Morgan fingerprint density at radius 2 is 1.93 bits per heavy atom. The van der Waals surface area contributed by atoms with Gasteiger partial charge in [0.15, 0.2) is 11.5 Å². The molecule has 0 fully saturated rings. The highest BCUT2D eigenvalue weighted by Crippen LogP contribution is 2.33. The number of hydrogen-bond acceptors (Lipinski definition) is 7. The average Bonchev–Trinajstić information content (AvgIpc) is 3.15. The van der Waals surface area contributed by atoms with Crippen LogP contribution in [0.3, 0.4) is 0 Å². The summed E-state index contributed by atoms with van der Waals surface area (Å²) in [6.45, 7) is 1.75. The number of ether oxygens (including phenoxy) is 2. The van der Waals surface area contributed by atoms with Gasteiger partial charge in [-0.1, -0.05) is 29.4 Å². The Morgan fingerprint density at radius 1 is 1.14 bits per heavy atom. The van der Waals surface area contributed by atoms with Crippen LogP contribution < -0.4 is 14.8 Å². The van der Waals surface area contributed by atoms with Crippen molar-refractivity contribution < 1.29 is 18.7 Å². The van der Waals surface area contributed by atoms with E-state index in [1.807, 2.05) is 0 Å². The Labute approximate surface area is 171 Å². The van der Waals surface area contributed by atoms with Crippen LogP contribution >= 0.6 is 23.4 Å². The first-order valence-corrected chi connectivity index (χ1v) is 9.55. The Morgan fingerprint density at radius 3 is 2.64 bits per heavy atom. The molecule has 0 saturated heterocycles. The molecule has 0 bridgehead atoms. The number of methoxy groups -OCH3 is 2. The third kappa shape index (κ3) is 4.76. The number of anilines is 1. The number of aromatic nitrogens is 2. The van der Waals surface area contributed by atoms with E-state index in [1.54, 1.807) is 63.6 Å². The lowest BCUT2D eigenvalue weighted by atomic mass is 10.2. The second kappa shape index (κ2) is 8.99. The molecule has 9 heteroatoms. The molecular weight excluding hydrogens is 402 g/mol. The van der Waals surface area contributed by atoms with E-state index in [1.165, 1.54) is 11.8 Å². The Balaban J connectivity index is 1.67. The van der Waals surface area contributed by atoms with Crippen LogP contribution in [0.5, 0.6) is 11.5 Å². The number of thioether (sulfide) groups is 1. The molecule has 0 spiro atoms. The molecule has 28 heavy (non-hydrogen) atoms. The van der Waals surface area contributed by atoms with E-state index in [0.29, 0.717) is 38.9 Å². The number of nitrogens with zero attached hydrogens (tertiary/aromatic N) is 2. The van der Waals surface area contributed by atoms with Crippen molar-refractivity contribution in [3.8, 4) is 23.0 Å². The highest BCUT2D eigenvalue weighted by atomic mass is 35.5. The highest BCUT2D eigenvalue weighted by Gasteiger charge is 2.19. The molecule has 0 radical (unpaired) electrons. The maximum absolute atomic E-state index is 12.4. The maximum Gasteiger partial charge on any atom is 0.277 e. The molecule has 3 rings (SSSR count). The van der Waals surface area contributed by atoms with Gasteiger partial charge in [-0.25, -0.2) is 0 Å². The van der Waals surface area contributed by atoms with Crippen molar-refractivity contribution in [2.75, 3.05) is 19.5 Å². The predicted octanol–water partition coefficient (Wildman–Crippen LogP) is 4.53. The summed E-state index contributed by atoms with van der Waals surface area (Å²) in [5, 5.41) is 11.2. The van der Waals surface area contributed by atoms with Crippen LogP contribution in [0.25, 0.3) is 11.5 Å². The first-order chi connectivity index (χ1) is 13.5. The summed E-state index contributed by atoms with van der Waals surface area (Å²) >= 11 is 7.10. The fourth-order valence-electron chi connectivity index (χ4n) is 2.36. The number of carbonyl (C=O) groups excluding carboxylic acids is 1. The fourth-order valence-corrected chi connectivity index (χ4v) is 3.23. The minimum Gasteiger partial charge on any atom is -0.493 e. The molecule has 7 nitrogen and oxygen atoms in total. The number of nitrogens with one attached hydrogen (secondary N) is 1. The fraction of sp³-hybridized carbons (Fsp3) is 0.211. The van der Waals surface area contributed by atoms with E-state index in [4.69, 9.17) is 25.5 Å². The van der Waals surface area contributed by atoms with Crippen molar-refractivity contribution in [3.63, 3.8) is 0 Å². The molecule has 1 amide bonds. The summed E-state index contributed by atoms with van der Waals surface area (Å²) in [5.74, 6) is 1.29. The zero-order valence-electron chi connectivity index (χ0n) is 15.4. The summed E-state index contributed by atoms with van der Waals surface area (Å²) in [4.78, 5) is 12.4. The van der Waals surface area contributed by atoms with Crippen LogP contribution in [-0.4, -0.2) is 35.6 Å². The minimum atomic E-state index is -0.447. The van der Waals surface area contributed by atoms with E-state index in [9.17, 15) is 4.79 Å². The Hall–Kier alpha value is -2.71. The van der Waals surface area contributed by atoms with Gasteiger partial charge in [0.1, 0.15) is 0 Å². The normalized spacial score (nSPS) is 11.7. The van der Waals surface area contributed by atoms with Crippen molar-refractivity contribution in [1.29, 1.82) is 0 Å². The summed E-state index contributed by atoms with van der Waals surface area (Å²) in [7, 11) is 3.12. The van der Waals surface area contributed by atoms with Crippen molar-refractivity contribution in [3.05, 3.63) is 47.5 Å².